The number of aromatic nitrogens is 7. The van der Waals surface area contributed by atoms with E-state index < -0.39 is 17.3 Å². The van der Waals surface area contributed by atoms with Crippen molar-refractivity contribution in [2.24, 2.45) is 7.05 Å². The molecule has 0 aromatic carbocycles. The van der Waals surface area contributed by atoms with Crippen molar-refractivity contribution in [2.45, 2.75) is 25.1 Å². The van der Waals surface area contributed by atoms with Crippen LogP contribution in [0.4, 0.5) is 24.8 Å². The Morgan fingerprint density at radius 1 is 1.14 bits per heavy atom. The molecule has 37 heavy (non-hydrogen) atoms. The van der Waals surface area contributed by atoms with Gasteiger partial charge in [0, 0.05) is 31.7 Å². The first-order chi connectivity index (χ1) is 17.6. The summed E-state index contributed by atoms with van der Waals surface area (Å²) < 4.78 is 50.5. The van der Waals surface area contributed by atoms with Gasteiger partial charge in [-0.15, -0.1) is 0 Å². The first kappa shape index (κ1) is 23.6. The van der Waals surface area contributed by atoms with Gasteiger partial charge in [0.1, 0.15) is 21.7 Å². The molecular weight excluding hydrogens is 536 g/mol. The van der Waals surface area contributed by atoms with Crippen LogP contribution in [0, 0.1) is 0 Å². The van der Waals surface area contributed by atoms with Crippen LogP contribution in [-0.4, -0.2) is 33.7 Å². The van der Waals surface area contributed by atoms with Crippen molar-refractivity contribution in [1.82, 2.24) is 33.7 Å². The summed E-state index contributed by atoms with van der Waals surface area (Å²) in [6, 6.07) is 0.517. The van der Waals surface area contributed by atoms with Crippen molar-refractivity contribution in [3.05, 3.63) is 63.1 Å². The minimum absolute atomic E-state index is 0.0727. The summed E-state index contributed by atoms with van der Waals surface area (Å²) in [6.07, 6.45) is 3.39. The second-order valence-electron chi connectivity index (χ2n) is 8.43. The zero-order valence-corrected chi connectivity index (χ0v) is 20.3. The normalized spacial score (nSPS) is 14.0. The van der Waals surface area contributed by atoms with Crippen LogP contribution in [0.15, 0.2) is 41.8 Å². The molecular formula is C22H15Cl2F3N8O2. The van der Waals surface area contributed by atoms with E-state index in [0.717, 1.165) is 16.8 Å². The highest BCUT2D eigenvalue weighted by Crippen LogP contribution is 2.39. The maximum Gasteiger partial charge on any atom is 0.417 e. The largest absolute Gasteiger partial charge is 0.450 e. The quantitative estimate of drug-likeness (QED) is 0.313. The summed E-state index contributed by atoms with van der Waals surface area (Å²) in [5.74, 6) is 0.517. The van der Waals surface area contributed by atoms with Crippen molar-refractivity contribution < 1.29 is 17.9 Å². The Morgan fingerprint density at radius 2 is 1.92 bits per heavy atom. The third-order valence-electron chi connectivity index (χ3n) is 5.93. The molecule has 0 amide bonds. The Kier molecular flexibility index (Phi) is 5.31. The summed E-state index contributed by atoms with van der Waals surface area (Å²) in [4.78, 5) is 25.5. The van der Waals surface area contributed by atoms with Crippen LogP contribution in [0.3, 0.4) is 0 Å². The summed E-state index contributed by atoms with van der Waals surface area (Å²) in [5.41, 5.74) is -0.837. The summed E-state index contributed by atoms with van der Waals surface area (Å²) in [5, 5.41) is 7.19. The number of rotatable bonds is 5. The molecule has 1 fully saturated rings. The predicted molar refractivity (Wildman–Crippen MR) is 129 cm³/mol. The monoisotopic (exact) mass is 550 g/mol. The van der Waals surface area contributed by atoms with Gasteiger partial charge in [0.15, 0.2) is 22.3 Å². The number of aryl methyl sites for hydroxylation is 1. The van der Waals surface area contributed by atoms with Gasteiger partial charge in [-0.05, 0) is 18.9 Å². The highest BCUT2D eigenvalue weighted by Gasteiger charge is 2.35. The van der Waals surface area contributed by atoms with Crippen LogP contribution >= 0.6 is 23.2 Å². The first-order valence-corrected chi connectivity index (χ1v) is 11.6. The third kappa shape index (κ3) is 4.03. The van der Waals surface area contributed by atoms with Crippen LogP contribution in [0.5, 0.6) is 11.5 Å². The van der Waals surface area contributed by atoms with Crippen LogP contribution < -0.4 is 15.6 Å². The molecule has 10 nitrogen and oxygen atoms in total. The number of ether oxygens (including phenoxy) is 1. The molecule has 0 radical (unpaired) electrons. The number of halogens is 5. The molecule has 0 aliphatic heterocycles. The molecule has 1 saturated carbocycles. The van der Waals surface area contributed by atoms with E-state index in [4.69, 9.17) is 27.9 Å². The molecule has 5 aromatic heterocycles. The molecule has 5 heterocycles. The number of hydrogen-bond acceptors (Lipinski definition) is 7. The third-order valence-corrected chi connectivity index (χ3v) is 6.58. The molecule has 6 rings (SSSR count). The van der Waals surface area contributed by atoms with Gasteiger partial charge < -0.3 is 19.2 Å². The van der Waals surface area contributed by atoms with Gasteiger partial charge in [-0.3, -0.25) is 4.79 Å². The van der Waals surface area contributed by atoms with Crippen LogP contribution in [0.2, 0.25) is 10.2 Å². The minimum Gasteiger partial charge on any atom is -0.450 e. The van der Waals surface area contributed by atoms with Crippen molar-refractivity contribution in [1.29, 1.82) is 0 Å². The van der Waals surface area contributed by atoms with Crippen LogP contribution in [0.25, 0.3) is 16.7 Å². The lowest BCUT2D eigenvalue weighted by Gasteiger charge is -2.14. The van der Waals surface area contributed by atoms with Gasteiger partial charge in [-0.25, -0.2) is 14.5 Å². The Labute approximate surface area is 215 Å². The van der Waals surface area contributed by atoms with Gasteiger partial charge in [-0.1, -0.05) is 23.2 Å². The molecule has 1 aliphatic rings. The summed E-state index contributed by atoms with van der Waals surface area (Å²) >= 11 is 12.8. The van der Waals surface area contributed by atoms with Gasteiger partial charge in [0.2, 0.25) is 5.95 Å². The zero-order valence-electron chi connectivity index (χ0n) is 18.8. The number of imidazole rings is 1. The minimum atomic E-state index is -4.62. The molecule has 1 N–H and O–H groups in total. The van der Waals surface area contributed by atoms with Crippen LogP contribution in [0.1, 0.15) is 24.4 Å². The van der Waals surface area contributed by atoms with E-state index in [-0.39, 0.29) is 45.0 Å². The van der Waals surface area contributed by atoms with E-state index in [1.165, 1.54) is 27.7 Å². The molecule has 5 aromatic rings. The van der Waals surface area contributed by atoms with Crippen molar-refractivity contribution in [2.75, 3.05) is 5.32 Å². The van der Waals surface area contributed by atoms with E-state index in [1.807, 2.05) is 0 Å². The fourth-order valence-electron chi connectivity index (χ4n) is 3.96. The Bertz CT molecular complexity index is 1760. The van der Waals surface area contributed by atoms with Gasteiger partial charge in [0.05, 0.1) is 18.0 Å². The van der Waals surface area contributed by atoms with Crippen molar-refractivity contribution >= 4 is 51.5 Å². The summed E-state index contributed by atoms with van der Waals surface area (Å²) in [7, 11) is 1.58. The van der Waals surface area contributed by atoms with E-state index >= 15 is 0 Å². The fourth-order valence-corrected chi connectivity index (χ4v) is 4.49. The van der Waals surface area contributed by atoms with Gasteiger partial charge >= 0.3 is 6.18 Å². The maximum atomic E-state index is 13.5. The van der Waals surface area contributed by atoms with E-state index in [0.29, 0.717) is 23.9 Å². The van der Waals surface area contributed by atoms with Gasteiger partial charge in [0.25, 0.3) is 5.56 Å². The van der Waals surface area contributed by atoms with E-state index in [9.17, 15) is 18.0 Å². The molecule has 0 saturated heterocycles. The molecule has 0 spiro atoms. The number of nitrogens with one attached hydrogen (secondary N) is 1. The topological polar surface area (TPSA) is 104 Å². The van der Waals surface area contributed by atoms with Crippen molar-refractivity contribution in [3.8, 4) is 11.5 Å². The lowest BCUT2D eigenvalue weighted by atomic mass is 10.2. The second-order valence-corrected chi connectivity index (χ2v) is 9.17. The van der Waals surface area contributed by atoms with Crippen LogP contribution in [-0.2, 0) is 13.2 Å². The standard InChI is InChI=1S/C22H15Cl2F3N8O2/c1-33-17-15(23)13(37-14-8-30-35-5-4-28-18(24)16(14)35)7-29-19(17)32-21(33)31-12-6-10(22(25,26)27)9-34(20(12)36)11-2-3-11/h4-9,11H,2-3H2,1H3,(H,29,31,32). The lowest BCUT2D eigenvalue weighted by Crippen LogP contribution is -2.24. The smallest absolute Gasteiger partial charge is 0.417 e. The summed E-state index contributed by atoms with van der Waals surface area (Å²) in [6.45, 7) is 0. The molecule has 0 atom stereocenters. The number of nitrogens with zero attached hydrogens (tertiary/aromatic N) is 7. The Hall–Kier alpha value is -3.84. The SMILES string of the molecule is Cn1c(Nc2cc(C(F)(F)F)cn(C3CC3)c2=O)nc2ncc(Oc3cnn4ccnc(Cl)c34)c(Cl)c21. The molecule has 1 aliphatic carbocycles. The number of hydrogen-bond donors (Lipinski definition) is 1. The number of fused-ring (bicyclic) bond motifs is 2. The van der Waals surface area contributed by atoms with Crippen molar-refractivity contribution in [3.63, 3.8) is 0 Å². The molecule has 0 bridgehead atoms. The zero-order chi connectivity index (χ0) is 26.1. The molecule has 190 valence electrons. The fraction of sp³-hybridized carbons (Fsp3) is 0.227. The molecule has 0 unspecified atom stereocenters. The highest BCUT2D eigenvalue weighted by molar-refractivity contribution is 6.36. The van der Waals surface area contributed by atoms with E-state index in [1.54, 1.807) is 13.2 Å². The average Bonchev–Trinajstić information content (AvgIpc) is 3.52. The molecule has 15 heteroatoms. The average molecular weight is 551 g/mol. The second kappa shape index (κ2) is 8.35. The lowest BCUT2D eigenvalue weighted by molar-refractivity contribution is -0.138. The Balaban J connectivity index is 1.39. The van der Waals surface area contributed by atoms with E-state index in [2.05, 4.69) is 25.4 Å². The number of alkyl halides is 3. The highest BCUT2D eigenvalue weighted by atomic mass is 35.5. The predicted octanol–water partition coefficient (Wildman–Crippen LogP) is 5.37. The first-order valence-electron chi connectivity index (χ1n) is 10.9. The Morgan fingerprint density at radius 3 is 2.65 bits per heavy atom. The number of anilines is 2. The number of pyridine rings is 2. The maximum absolute atomic E-state index is 13.5. The van der Waals surface area contributed by atoms with Gasteiger partial charge in [-0.2, -0.15) is 23.3 Å².